The second-order valence-electron chi connectivity index (χ2n) is 6.26. The van der Waals surface area contributed by atoms with Crippen molar-refractivity contribution in [2.45, 2.75) is 13.0 Å². The van der Waals surface area contributed by atoms with E-state index in [1.54, 1.807) is 13.3 Å². The summed E-state index contributed by atoms with van der Waals surface area (Å²) in [5.74, 6) is 0.886. The lowest BCUT2D eigenvalue weighted by Gasteiger charge is -2.27. The summed E-state index contributed by atoms with van der Waals surface area (Å²) in [5.41, 5.74) is 3.80. The standard InChI is InChI=1S/C20H19N3O2/c1-25-17-6-4-14(5-7-17)19(24)13-23-10-8-18-16(12-23)11-15-3-2-9-21-20(15)22-18/h2-7,9,11H,8,10,12-13H2,1H3. The molecule has 126 valence electrons. The van der Waals surface area contributed by atoms with Gasteiger partial charge in [-0.1, -0.05) is 0 Å². The molecular formula is C20H19N3O2. The van der Waals surface area contributed by atoms with Gasteiger partial charge in [0.2, 0.25) is 0 Å². The number of hydrogen-bond donors (Lipinski definition) is 0. The first-order chi connectivity index (χ1) is 12.2. The lowest BCUT2D eigenvalue weighted by atomic mass is 10.0. The van der Waals surface area contributed by atoms with Gasteiger partial charge in [0, 0.05) is 42.4 Å². The van der Waals surface area contributed by atoms with Crippen molar-refractivity contribution in [1.29, 1.82) is 0 Å². The van der Waals surface area contributed by atoms with Crippen molar-refractivity contribution in [1.82, 2.24) is 14.9 Å². The van der Waals surface area contributed by atoms with E-state index in [9.17, 15) is 4.79 Å². The molecule has 1 aromatic carbocycles. The maximum absolute atomic E-state index is 12.5. The summed E-state index contributed by atoms with van der Waals surface area (Å²) in [7, 11) is 1.62. The Bertz CT molecular complexity index is 922. The number of carbonyl (C=O) groups is 1. The summed E-state index contributed by atoms with van der Waals surface area (Å²) in [6, 6.07) is 13.4. The Morgan fingerprint density at radius 1 is 1.24 bits per heavy atom. The maximum Gasteiger partial charge on any atom is 0.176 e. The number of hydrogen-bond acceptors (Lipinski definition) is 5. The Morgan fingerprint density at radius 2 is 2.08 bits per heavy atom. The predicted octanol–water partition coefficient (Wildman–Crippen LogP) is 2.88. The Morgan fingerprint density at radius 3 is 2.88 bits per heavy atom. The van der Waals surface area contributed by atoms with Gasteiger partial charge in [0.15, 0.2) is 11.4 Å². The zero-order valence-corrected chi connectivity index (χ0v) is 14.1. The molecule has 1 aliphatic heterocycles. The number of fused-ring (bicyclic) bond motifs is 2. The molecule has 5 nitrogen and oxygen atoms in total. The molecule has 0 spiro atoms. The highest BCUT2D eigenvalue weighted by Crippen LogP contribution is 2.22. The van der Waals surface area contributed by atoms with E-state index in [2.05, 4.69) is 20.9 Å². The zero-order valence-electron chi connectivity index (χ0n) is 14.1. The van der Waals surface area contributed by atoms with Gasteiger partial charge in [-0.3, -0.25) is 9.69 Å². The molecule has 25 heavy (non-hydrogen) atoms. The van der Waals surface area contributed by atoms with Crippen LogP contribution in [0.5, 0.6) is 5.75 Å². The van der Waals surface area contributed by atoms with Crippen LogP contribution >= 0.6 is 0 Å². The molecule has 5 heteroatoms. The largest absolute Gasteiger partial charge is 0.497 e. The van der Waals surface area contributed by atoms with Gasteiger partial charge in [-0.2, -0.15) is 0 Å². The molecule has 2 aromatic heterocycles. The van der Waals surface area contributed by atoms with E-state index in [1.807, 2.05) is 36.4 Å². The van der Waals surface area contributed by atoms with E-state index in [4.69, 9.17) is 4.74 Å². The van der Waals surface area contributed by atoms with Crippen LogP contribution in [0, 0.1) is 0 Å². The molecule has 4 rings (SSSR count). The molecule has 3 heterocycles. The number of ketones is 1. The number of benzene rings is 1. The van der Waals surface area contributed by atoms with E-state index < -0.39 is 0 Å². The Labute approximate surface area is 146 Å². The zero-order chi connectivity index (χ0) is 17.2. The van der Waals surface area contributed by atoms with Crippen molar-refractivity contribution in [3.8, 4) is 5.75 Å². The summed E-state index contributed by atoms with van der Waals surface area (Å²) >= 11 is 0. The van der Waals surface area contributed by atoms with Crippen molar-refractivity contribution in [3.05, 3.63) is 65.5 Å². The lowest BCUT2D eigenvalue weighted by Crippen LogP contribution is -2.35. The van der Waals surface area contributed by atoms with Crippen molar-refractivity contribution in [2.24, 2.45) is 0 Å². The van der Waals surface area contributed by atoms with Crippen LogP contribution in [-0.4, -0.2) is 40.9 Å². The smallest absolute Gasteiger partial charge is 0.176 e. The number of ether oxygens (including phenoxy) is 1. The SMILES string of the molecule is COc1ccc(C(=O)CN2CCc3nc4ncccc4cc3C2)cc1. The fourth-order valence-corrected chi connectivity index (χ4v) is 3.23. The number of methoxy groups -OCH3 is 1. The summed E-state index contributed by atoms with van der Waals surface area (Å²) in [5, 5.41) is 1.05. The van der Waals surface area contributed by atoms with E-state index in [1.165, 1.54) is 5.56 Å². The molecule has 0 aliphatic carbocycles. The van der Waals surface area contributed by atoms with Crippen LogP contribution in [0.25, 0.3) is 11.0 Å². The van der Waals surface area contributed by atoms with Crippen molar-refractivity contribution < 1.29 is 9.53 Å². The van der Waals surface area contributed by atoms with E-state index >= 15 is 0 Å². The lowest BCUT2D eigenvalue weighted by molar-refractivity contribution is 0.0921. The highest BCUT2D eigenvalue weighted by molar-refractivity contribution is 5.97. The van der Waals surface area contributed by atoms with Gasteiger partial charge in [0.1, 0.15) is 5.75 Å². The summed E-state index contributed by atoms with van der Waals surface area (Å²) < 4.78 is 5.14. The predicted molar refractivity (Wildman–Crippen MR) is 95.8 cm³/mol. The minimum atomic E-state index is 0.126. The molecule has 3 aromatic rings. The number of rotatable bonds is 4. The van der Waals surface area contributed by atoms with Gasteiger partial charge in [0.05, 0.1) is 13.7 Å². The Kier molecular flexibility index (Phi) is 4.15. The highest BCUT2D eigenvalue weighted by Gasteiger charge is 2.20. The van der Waals surface area contributed by atoms with Crippen LogP contribution in [0.15, 0.2) is 48.7 Å². The first-order valence-corrected chi connectivity index (χ1v) is 8.36. The summed E-state index contributed by atoms with van der Waals surface area (Å²) in [6.07, 6.45) is 2.61. The van der Waals surface area contributed by atoms with Gasteiger partial charge < -0.3 is 4.74 Å². The van der Waals surface area contributed by atoms with Crippen LogP contribution in [0.1, 0.15) is 21.6 Å². The fourth-order valence-electron chi connectivity index (χ4n) is 3.23. The fraction of sp³-hybridized carbons (Fsp3) is 0.250. The molecule has 0 N–H and O–H groups in total. The second kappa shape index (κ2) is 6.61. The van der Waals surface area contributed by atoms with Gasteiger partial charge in [-0.25, -0.2) is 9.97 Å². The molecule has 0 bridgehead atoms. The third-order valence-electron chi connectivity index (χ3n) is 4.60. The van der Waals surface area contributed by atoms with Crippen LogP contribution < -0.4 is 4.74 Å². The molecule has 0 amide bonds. The average molecular weight is 333 g/mol. The monoisotopic (exact) mass is 333 g/mol. The van der Waals surface area contributed by atoms with Crippen LogP contribution in [-0.2, 0) is 13.0 Å². The summed E-state index contributed by atoms with van der Waals surface area (Å²) in [4.78, 5) is 23.7. The van der Waals surface area contributed by atoms with E-state index in [0.29, 0.717) is 12.1 Å². The minimum Gasteiger partial charge on any atom is -0.497 e. The molecule has 0 saturated carbocycles. The number of pyridine rings is 2. The highest BCUT2D eigenvalue weighted by atomic mass is 16.5. The normalized spacial score (nSPS) is 14.3. The van der Waals surface area contributed by atoms with Crippen LogP contribution in [0.4, 0.5) is 0 Å². The molecule has 0 fully saturated rings. The van der Waals surface area contributed by atoms with Gasteiger partial charge in [-0.05, 0) is 48.0 Å². The molecule has 1 aliphatic rings. The number of aromatic nitrogens is 2. The quantitative estimate of drug-likeness (QED) is 0.687. The van der Waals surface area contributed by atoms with Crippen LogP contribution in [0.2, 0.25) is 0 Å². The third-order valence-corrected chi connectivity index (χ3v) is 4.60. The molecule has 0 saturated heterocycles. The minimum absolute atomic E-state index is 0.126. The summed E-state index contributed by atoms with van der Waals surface area (Å²) in [6.45, 7) is 1.99. The number of nitrogens with zero attached hydrogens (tertiary/aromatic N) is 3. The molecule has 0 radical (unpaired) electrons. The van der Waals surface area contributed by atoms with E-state index in [-0.39, 0.29) is 5.78 Å². The first kappa shape index (κ1) is 15.7. The molecular weight excluding hydrogens is 314 g/mol. The maximum atomic E-state index is 12.5. The van der Waals surface area contributed by atoms with Crippen molar-refractivity contribution in [2.75, 3.05) is 20.2 Å². The van der Waals surface area contributed by atoms with Gasteiger partial charge >= 0.3 is 0 Å². The van der Waals surface area contributed by atoms with Crippen molar-refractivity contribution >= 4 is 16.8 Å². The Balaban J connectivity index is 1.49. The van der Waals surface area contributed by atoms with Crippen molar-refractivity contribution in [3.63, 3.8) is 0 Å². The van der Waals surface area contributed by atoms with Crippen LogP contribution in [0.3, 0.4) is 0 Å². The number of carbonyl (C=O) groups excluding carboxylic acids is 1. The molecule has 0 atom stereocenters. The average Bonchev–Trinajstić information content (AvgIpc) is 2.66. The molecule has 0 unspecified atom stereocenters. The van der Waals surface area contributed by atoms with Gasteiger partial charge in [0.25, 0.3) is 0 Å². The third kappa shape index (κ3) is 3.23. The Hall–Kier alpha value is -2.79. The van der Waals surface area contributed by atoms with Gasteiger partial charge in [-0.15, -0.1) is 0 Å². The second-order valence-corrected chi connectivity index (χ2v) is 6.26. The number of Topliss-reactive ketones (excluding diaryl/α,β-unsaturated/α-hetero) is 1. The van der Waals surface area contributed by atoms with E-state index in [0.717, 1.165) is 42.0 Å². The first-order valence-electron chi connectivity index (χ1n) is 8.36. The topological polar surface area (TPSA) is 55.3 Å².